The molecule has 0 aromatic heterocycles. The molecule has 0 N–H and O–H groups in total. The van der Waals surface area contributed by atoms with Gasteiger partial charge in [0.2, 0.25) is 0 Å². The first kappa shape index (κ1) is 18.5. The van der Waals surface area contributed by atoms with E-state index in [4.69, 9.17) is 0 Å². The third-order valence-corrected chi connectivity index (χ3v) is 0.715. The third kappa shape index (κ3) is 31.0. The normalized spacial score (nSPS) is 8.33. The average Bonchev–Trinajstić information content (AvgIpc) is 2.02. The van der Waals surface area contributed by atoms with E-state index in [1.165, 1.54) is 0 Å². The molecule has 0 aliphatic rings. The fourth-order valence-corrected chi connectivity index (χ4v) is 0.0907. The summed E-state index contributed by atoms with van der Waals surface area (Å²) in [5.41, 5.74) is 0. The van der Waals surface area contributed by atoms with Crippen molar-refractivity contribution in [2.75, 3.05) is 20.6 Å². The van der Waals surface area contributed by atoms with Gasteiger partial charge in [-0.05, 0) is 26.2 Å². The molecule has 4 heteroatoms. The smallest absolute Gasteiger partial charge is 0.339 e. The van der Waals surface area contributed by atoms with Crippen LogP contribution in [0.1, 0.15) is 0 Å². The second-order valence-electron chi connectivity index (χ2n) is 1.96. The van der Waals surface area contributed by atoms with Crippen molar-refractivity contribution < 1.29 is 61.0 Å². The minimum Gasteiger partial charge on any atom is -0.339 e. The molecule has 0 aliphatic heterocycles. The fraction of sp³-hybridized carbons (Fsp3) is 0.375. The Balaban J connectivity index is -0.000000126. The molecule has 0 saturated carbocycles. The molecular weight excluding hydrogens is 181 g/mol. The summed E-state index contributed by atoms with van der Waals surface area (Å²) in [5.74, 6) is 0. The van der Waals surface area contributed by atoms with Crippen LogP contribution in [0, 0.1) is 6.92 Å². The molecular formula is C8H14KNO2. The van der Waals surface area contributed by atoms with E-state index >= 15 is 0 Å². The van der Waals surface area contributed by atoms with Crippen molar-refractivity contribution in [3.05, 3.63) is 19.1 Å². The second kappa shape index (κ2) is 17.7. The average molecular weight is 195 g/mol. The van der Waals surface area contributed by atoms with Gasteiger partial charge in [0.05, 0.1) is 0 Å². The van der Waals surface area contributed by atoms with Crippen molar-refractivity contribution in [2.24, 2.45) is 0 Å². The molecule has 0 radical (unpaired) electrons. The van der Waals surface area contributed by atoms with Crippen molar-refractivity contribution in [1.82, 2.24) is 4.90 Å². The Labute approximate surface area is 117 Å². The van der Waals surface area contributed by atoms with Gasteiger partial charge in [-0.2, -0.15) is 0 Å². The van der Waals surface area contributed by atoms with E-state index < -0.39 is 0 Å². The Hall–Kier alpha value is 0.676. The second-order valence-corrected chi connectivity index (χ2v) is 1.96. The number of aldehydes is 2. The van der Waals surface area contributed by atoms with Crippen LogP contribution >= 0.6 is 0 Å². The van der Waals surface area contributed by atoms with Crippen LogP contribution in [0.15, 0.2) is 12.2 Å². The van der Waals surface area contributed by atoms with E-state index in [0.717, 1.165) is 18.7 Å². The topological polar surface area (TPSA) is 37.4 Å². The molecule has 0 rings (SSSR count). The van der Waals surface area contributed by atoms with Crippen LogP contribution in [-0.2, 0) is 9.59 Å². The predicted molar refractivity (Wildman–Crippen MR) is 45.2 cm³/mol. The number of carbonyl (C=O) groups excluding carboxylic acids is 2. The summed E-state index contributed by atoms with van der Waals surface area (Å²) < 4.78 is 0. The Bertz CT molecular complexity index is 114. The maximum absolute atomic E-state index is 9.32. The van der Waals surface area contributed by atoms with Crippen molar-refractivity contribution in [2.45, 2.75) is 0 Å². The molecule has 0 bridgehead atoms. The molecule has 0 atom stereocenters. The van der Waals surface area contributed by atoms with Gasteiger partial charge in [-0.25, -0.2) is 0 Å². The van der Waals surface area contributed by atoms with Crippen molar-refractivity contribution in [1.29, 1.82) is 0 Å². The van der Waals surface area contributed by atoms with Crippen molar-refractivity contribution in [3.63, 3.8) is 0 Å². The Kier molecular flexibility index (Phi) is 27.2. The molecule has 0 spiro atoms. The molecule has 0 fully saturated rings. The quantitative estimate of drug-likeness (QED) is 0.213. The third-order valence-electron chi connectivity index (χ3n) is 0.715. The largest absolute Gasteiger partial charge is 1.00 e. The Morgan fingerprint density at radius 2 is 1.42 bits per heavy atom. The van der Waals surface area contributed by atoms with Crippen LogP contribution in [0.5, 0.6) is 0 Å². The molecule has 0 unspecified atom stereocenters. The number of hydrogen-bond acceptors (Lipinski definition) is 3. The van der Waals surface area contributed by atoms with Crippen LogP contribution in [0.4, 0.5) is 0 Å². The van der Waals surface area contributed by atoms with Gasteiger partial charge in [-0.15, -0.1) is 6.54 Å². The summed E-state index contributed by atoms with van der Waals surface area (Å²) in [6, 6.07) is 0. The number of rotatable bonds is 3. The van der Waals surface area contributed by atoms with Gasteiger partial charge >= 0.3 is 51.4 Å². The number of carbonyl (C=O) groups is 2. The van der Waals surface area contributed by atoms with E-state index in [1.54, 1.807) is 0 Å². The molecule has 0 aromatic carbocycles. The Morgan fingerprint density at radius 1 is 1.17 bits per heavy atom. The summed E-state index contributed by atoms with van der Waals surface area (Å²) in [5, 5.41) is 0. The number of hydrogen-bond donors (Lipinski definition) is 0. The maximum Gasteiger partial charge on any atom is 1.00 e. The zero-order valence-electron chi connectivity index (χ0n) is 7.99. The molecule has 0 amide bonds. The first-order valence-corrected chi connectivity index (χ1v) is 3.18. The minimum atomic E-state index is 0. The molecule has 0 aliphatic carbocycles. The van der Waals surface area contributed by atoms with Crippen molar-refractivity contribution in [3.8, 4) is 0 Å². The van der Waals surface area contributed by atoms with E-state index in [9.17, 15) is 9.59 Å². The fourth-order valence-electron chi connectivity index (χ4n) is 0.0907. The van der Waals surface area contributed by atoms with E-state index in [2.05, 4.69) is 6.92 Å². The Morgan fingerprint density at radius 3 is 1.50 bits per heavy atom. The van der Waals surface area contributed by atoms with Gasteiger partial charge in [-0.1, -0.05) is 0 Å². The van der Waals surface area contributed by atoms with Gasteiger partial charge in [-0.3, -0.25) is 9.59 Å². The van der Waals surface area contributed by atoms with Gasteiger partial charge in [0.15, 0.2) is 0 Å². The van der Waals surface area contributed by atoms with Crippen LogP contribution < -0.4 is 51.4 Å². The maximum atomic E-state index is 9.32. The van der Waals surface area contributed by atoms with Gasteiger partial charge in [0.1, 0.15) is 12.6 Å². The first-order valence-electron chi connectivity index (χ1n) is 3.18. The summed E-state index contributed by atoms with van der Waals surface area (Å²) >= 11 is 0. The predicted octanol–water partition coefficient (Wildman–Crippen LogP) is -2.67. The van der Waals surface area contributed by atoms with Crippen LogP contribution in [0.3, 0.4) is 0 Å². The molecule has 64 valence electrons. The van der Waals surface area contributed by atoms with Gasteiger partial charge in [0, 0.05) is 0 Å². The zero-order chi connectivity index (χ0) is 9.11. The molecule has 0 aromatic rings. The summed E-state index contributed by atoms with van der Waals surface area (Å²) in [7, 11) is 3.99. The zero-order valence-corrected chi connectivity index (χ0v) is 11.1. The SMILES string of the molecule is O=C/C=C\C=O.[CH2-]CN(C)C.[K+]. The van der Waals surface area contributed by atoms with E-state index in [1.807, 2.05) is 19.0 Å². The molecule has 3 nitrogen and oxygen atoms in total. The summed E-state index contributed by atoms with van der Waals surface area (Å²) in [6.07, 6.45) is 3.36. The number of nitrogens with zero attached hydrogens (tertiary/aromatic N) is 1. The van der Waals surface area contributed by atoms with Crippen LogP contribution in [0.2, 0.25) is 0 Å². The first-order chi connectivity index (χ1) is 5.18. The van der Waals surface area contributed by atoms with E-state index in [-0.39, 0.29) is 51.4 Å². The summed E-state index contributed by atoms with van der Waals surface area (Å²) in [4.78, 5) is 20.7. The van der Waals surface area contributed by atoms with Crippen LogP contribution in [0.25, 0.3) is 0 Å². The summed E-state index contributed by atoms with van der Waals surface area (Å²) in [6.45, 7) is 4.50. The van der Waals surface area contributed by atoms with Gasteiger partial charge < -0.3 is 11.8 Å². The van der Waals surface area contributed by atoms with Crippen LogP contribution in [-0.4, -0.2) is 38.1 Å². The minimum absolute atomic E-state index is 0. The molecule has 0 heterocycles. The number of allylic oxidation sites excluding steroid dienone is 2. The standard InChI is InChI=1S/C4H10N.C4H4O2.K/c1-4-5(2)3;5-3-1-2-4-6;/h1,4H2,2-3H3;1-4H;/q-1;;+1/b;2-1-;. The van der Waals surface area contributed by atoms with E-state index in [0.29, 0.717) is 12.6 Å². The molecule has 12 heavy (non-hydrogen) atoms. The monoisotopic (exact) mass is 195 g/mol. The van der Waals surface area contributed by atoms with Gasteiger partial charge in [0.25, 0.3) is 0 Å². The van der Waals surface area contributed by atoms with Crippen molar-refractivity contribution >= 4 is 12.6 Å². The molecule has 0 saturated heterocycles.